The largest absolute Gasteiger partial charge is 0.386 e. The summed E-state index contributed by atoms with van der Waals surface area (Å²) in [7, 11) is 0. The number of carbonyl (C=O) groups excluding carboxylic acids is 1. The summed E-state index contributed by atoms with van der Waals surface area (Å²) in [4.78, 5) is 36.6. The third kappa shape index (κ3) is 4.93. The molecule has 1 aliphatic heterocycles. The molecule has 0 saturated carbocycles. The number of aliphatic hydroxyl groups is 1. The van der Waals surface area contributed by atoms with Gasteiger partial charge in [-0.1, -0.05) is 24.3 Å². The molecule has 1 aliphatic rings. The van der Waals surface area contributed by atoms with Gasteiger partial charge in [0.2, 0.25) is 5.95 Å². The summed E-state index contributed by atoms with van der Waals surface area (Å²) in [5, 5.41) is 9.55. The number of carbonyl (C=O) groups is 1. The van der Waals surface area contributed by atoms with Gasteiger partial charge >= 0.3 is 0 Å². The van der Waals surface area contributed by atoms with Crippen molar-refractivity contribution in [3.8, 4) is 22.5 Å². The lowest BCUT2D eigenvalue weighted by atomic mass is 10.0. The van der Waals surface area contributed by atoms with Gasteiger partial charge < -0.3 is 20.5 Å². The zero-order chi connectivity index (χ0) is 24.4. The molecule has 178 valence electrons. The number of hydrogen-bond donors (Lipinski definition) is 2. The molecule has 0 aliphatic carbocycles. The van der Waals surface area contributed by atoms with Crippen LogP contribution in [-0.4, -0.2) is 68.2 Å². The highest BCUT2D eigenvalue weighted by Crippen LogP contribution is 2.30. The van der Waals surface area contributed by atoms with Gasteiger partial charge in [0.15, 0.2) is 17.4 Å². The van der Waals surface area contributed by atoms with E-state index in [1.165, 1.54) is 6.92 Å². The number of aromatic nitrogens is 5. The number of Topliss-reactive ketones (excluding diaryl/α,β-unsaturated/α-hetero) is 1. The number of hydrogen-bond acceptors (Lipinski definition) is 10. The van der Waals surface area contributed by atoms with Crippen molar-refractivity contribution in [3.63, 3.8) is 0 Å². The number of nitrogens with two attached hydrogens (primary N) is 1. The number of pyridine rings is 1. The topological polar surface area (TPSA) is 140 Å². The van der Waals surface area contributed by atoms with Crippen molar-refractivity contribution in [2.75, 3.05) is 36.9 Å². The second-order valence-corrected chi connectivity index (χ2v) is 8.41. The molecule has 35 heavy (non-hydrogen) atoms. The molecule has 1 fully saturated rings. The molecule has 0 bridgehead atoms. The lowest BCUT2D eigenvalue weighted by Crippen LogP contribution is -2.37. The third-order valence-electron chi connectivity index (χ3n) is 5.86. The standard InChI is InChI=1S/C25H25N7O3/c1-15(33)21(34)10-16-3-2-4-17(9-16)18-11-20-22(27-12-18)24(32-5-7-35-8-6-32)31-23(30-20)19-13-28-25(26)29-14-19/h2-4,9,11-15,33H,5-8,10H2,1H3,(H2,26,28,29)/t15-/m0/s1. The summed E-state index contributed by atoms with van der Waals surface area (Å²) in [6.07, 6.45) is 4.17. The first-order valence-corrected chi connectivity index (χ1v) is 11.4. The quantitative estimate of drug-likeness (QED) is 0.429. The van der Waals surface area contributed by atoms with Crippen LogP contribution in [-0.2, 0) is 16.0 Å². The number of benzene rings is 1. The number of anilines is 2. The Kier molecular flexibility index (Phi) is 6.30. The molecule has 10 nitrogen and oxygen atoms in total. The SMILES string of the molecule is C[C@H](O)C(=O)Cc1cccc(-c2cnc3c(N4CCOCC4)nc(-c4cnc(N)nc4)nc3c2)c1. The lowest BCUT2D eigenvalue weighted by molar-refractivity contribution is -0.125. The molecular formula is C25H25N7O3. The first-order chi connectivity index (χ1) is 17.0. The van der Waals surface area contributed by atoms with E-state index in [1.54, 1.807) is 18.6 Å². The average molecular weight is 472 g/mol. The van der Waals surface area contributed by atoms with E-state index in [1.807, 2.05) is 30.3 Å². The van der Waals surface area contributed by atoms with Crippen LogP contribution >= 0.6 is 0 Å². The van der Waals surface area contributed by atoms with E-state index in [4.69, 9.17) is 25.4 Å². The summed E-state index contributed by atoms with van der Waals surface area (Å²) in [6, 6.07) is 9.61. The molecule has 4 aromatic rings. The van der Waals surface area contributed by atoms with Gasteiger partial charge in [0.25, 0.3) is 0 Å². The van der Waals surface area contributed by atoms with Crippen molar-refractivity contribution in [1.82, 2.24) is 24.9 Å². The zero-order valence-corrected chi connectivity index (χ0v) is 19.3. The van der Waals surface area contributed by atoms with E-state index >= 15 is 0 Å². The van der Waals surface area contributed by atoms with Gasteiger partial charge in [-0.15, -0.1) is 0 Å². The molecule has 1 atom stereocenters. The van der Waals surface area contributed by atoms with E-state index in [-0.39, 0.29) is 18.2 Å². The first-order valence-electron chi connectivity index (χ1n) is 11.4. The molecule has 10 heteroatoms. The first kappa shape index (κ1) is 22.8. The van der Waals surface area contributed by atoms with Crippen LogP contribution in [0.15, 0.2) is 48.9 Å². The smallest absolute Gasteiger partial charge is 0.219 e. The predicted octanol–water partition coefficient (Wildman–Crippen LogP) is 2.06. The Balaban J connectivity index is 1.59. The third-order valence-corrected chi connectivity index (χ3v) is 5.86. The van der Waals surface area contributed by atoms with Crippen LogP contribution in [0, 0.1) is 0 Å². The van der Waals surface area contributed by atoms with E-state index in [0.29, 0.717) is 48.7 Å². The molecule has 0 spiro atoms. The predicted molar refractivity (Wildman–Crippen MR) is 132 cm³/mol. The van der Waals surface area contributed by atoms with Gasteiger partial charge in [0.1, 0.15) is 11.6 Å². The summed E-state index contributed by atoms with van der Waals surface area (Å²) in [5.41, 5.74) is 10.3. The minimum atomic E-state index is -0.993. The Hall–Kier alpha value is -4.02. The highest BCUT2D eigenvalue weighted by Gasteiger charge is 2.20. The van der Waals surface area contributed by atoms with Crippen molar-refractivity contribution < 1.29 is 14.6 Å². The van der Waals surface area contributed by atoms with Gasteiger partial charge in [-0.05, 0) is 24.1 Å². The van der Waals surface area contributed by atoms with Crippen LogP contribution in [0.2, 0.25) is 0 Å². The van der Waals surface area contributed by atoms with Gasteiger partial charge in [-0.3, -0.25) is 9.78 Å². The van der Waals surface area contributed by atoms with Crippen LogP contribution in [0.4, 0.5) is 11.8 Å². The van der Waals surface area contributed by atoms with Gasteiger partial charge in [-0.25, -0.2) is 19.9 Å². The maximum Gasteiger partial charge on any atom is 0.219 e. The zero-order valence-electron chi connectivity index (χ0n) is 19.3. The fourth-order valence-corrected chi connectivity index (χ4v) is 3.95. The number of morpholine rings is 1. The number of aliphatic hydroxyl groups excluding tert-OH is 1. The Labute approximate surface area is 201 Å². The molecule has 0 radical (unpaired) electrons. The maximum absolute atomic E-state index is 12.0. The monoisotopic (exact) mass is 471 g/mol. The Bertz CT molecular complexity index is 1370. The summed E-state index contributed by atoms with van der Waals surface area (Å²) >= 11 is 0. The number of nitrogens with zero attached hydrogens (tertiary/aromatic N) is 6. The maximum atomic E-state index is 12.0. The summed E-state index contributed by atoms with van der Waals surface area (Å²) in [5.74, 6) is 1.17. The number of fused-ring (bicyclic) bond motifs is 1. The highest BCUT2D eigenvalue weighted by molar-refractivity contribution is 5.90. The molecular weight excluding hydrogens is 446 g/mol. The molecule has 3 N–H and O–H groups in total. The van der Waals surface area contributed by atoms with E-state index in [0.717, 1.165) is 22.5 Å². The second-order valence-electron chi connectivity index (χ2n) is 8.41. The number of ether oxygens (including phenoxy) is 1. The molecule has 4 heterocycles. The summed E-state index contributed by atoms with van der Waals surface area (Å²) < 4.78 is 5.51. The normalized spacial score (nSPS) is 14.7. The minimum absolute atomic E-state index is 0.164. The Morgan fingerprint density at radius 3 is 2.54 bits per heavy atom. The van der Waals surface area contributed by atoms with E-state index in [9.17, 15) is 9.90 Å². The van der Waals surface area contributed by atoms with Crippen molar-refractivity contribution in [2.45, 2.75) is 19.4 Å². The molecule has 1 saturated heterocycles. The molecule has 1 aromatic carbocycles. The molecule has 0 unspecified atom stereocenters. The van der Waals surface area contributed by atoms with Crippen molar-refractivity contribution in [1.29, 1.82) is 0 Å². The van der Waals surface area contributed by atoms with E-state index in [2.05, 4.69) is 14.9 Å². The Morgan fingerprint density at radius 1 is 1.06 bits per heavy atom. The van der Waals surface area contributed by atoms with Crippen LogP contribution in [0.25, 0.3) is 33.5 Å². The minimum Gasteiger partial charge on any atom is -0.386 e. The van der Waals surface area contributed by atoms with E-state index < -0.39 is 6.10 Å². The van der Waals surface area contributed by atoms with Gasteiger partial charge in [0.05, 0.1) is 24.3 Å². The number of ketones is 1. The fraction of sp³-hybridized carbons (Fsp3) is 0.280. The number of rotatable bonds is 6. The van der Waals surface area contributed by atoms with Crippen LogP contribution in [0.5, 0.6) is 0 Å². The average Bonchev–Trinajstić information content (AvgIpc) is 2.88. The summed E-state index contributed by atoms with van der Waals surface area (Å²) in [6.45, 7) is 4.11. The number of nitrogen functional groups attached to an aromatic ring is 1. The Morgan fingerprint density at radius 2 is 1.80 bits per heavy atom. The fourth-order valence-electron chi connectivity index (χ4n) is 3.95. The van der Waals surface area contributed by atoms with Gasteiger partial charge in [-0.2, -0.15) is 0 Å². The van der Waals surface area contributed by atoms with Crippen molar-refractivity contribution in [2.24, 2.45) is 0 Å². The molecule has 3 aromatic heterocycles. The second kappa shape index (κ2) is 9.69. The lowest BCUT2D eigenvalue weighted by Gasteiger charge is -2.28. The molecule has 5 rings (SSSR count). The van der Waals surface area contributed by atoms with Crippen LogP contribution < -0.4 is 10.6 Å². The van der Waals surface area contributed by atoms with Crippen LogP contribution in [0.1, 0.15) is 12.5 Å². The van der Waals surface area contributed by atoms with Crippen molar-refractivity contribution in [3.05, 3.63) is 54.5 Å². The molecule has 0 amide bonds. The van der Waals surface area contributed by atoms with Gasteiger partial charge in [0, 0.05) is 43.7 Å². The highest BCUT2D eigenvalue weighted by atomic mass is 16.5. The van der Waals surface area contributed by atoms with Crippen LogP contribution in [0.3, 0.4) is 0 Å². The van der Waals surface area contributed by atoms with Crippen molar-refractivity contribution >= 4 is 28.6 Å².